The number of ether oxygens (including phenoxy) is 2. The van der Waals surface area contributed by atoms with Crippen molar-refractivity contribution in [3.63, 3.8) is 0 Å². The van der Waals surface area contributed by atoms with E-state index < -0.39 is 0 Å². The highest BCUT2D eigenvalue weighted by Gasteiger charge is 2.24. The Morgan fingerprint density at radius 3 is 2.52 bits per heavy atom. The summed E-state index contributed by atoms with van der Waals surface area (Å²) in [5.41, 5.74) is 3.02. The quantitative estimate of drug-likeness (QED) is 0.718. The smallest absolute Gasteiger partial charge is 0.323 e. The molecule has 0 aliphatic carbocycles. The summed E-state index contributed by atoms with van der Waals surface area (Å²) in [6.07, 6.45) is 0. The standard InChI is InChI=1S/C19H18N4O4/c24-18(12-1-4-16-17(9-12)27-11-26-16)23-7-5-22(6-8-23)13-2-3-14-15(10-13)21-19(25)20-14/h1-4,9-10H,5-8,11H2,(H2,20,21,25). The van der Waals surface area contributed by atoms with Gasteiger partial charge >= 0.3 is 5.69 Å². The van der Waals surface area contributed by atoms with Crippen LogP contribution < -0.4 is 20.1 Å². The van der Waals surface area contributed by atoms with Crippen LogP contribution in [0.2, 0.25) is 0 Å². The van der Waals surface area contributed by atoms with E-state index in [-0.39, 0.29) is 18.4 Å². The normalized spacial score (nSPS) is 16.1. The third kappa shape index (κ3) is 2.79. The molecule has 27 heavy (non-hydrogen) atoms. The van der Waals surface area contributed by atoms with Crippen LogP contribution in [-0.2, 0) is 0 Å². The lowest BCUT2D eigenvalue weighted by Gasteiger charge is -2.36. The summed E-state index contributed by atoms with van der Waals surface area (Å²) < 4.78 is 10.7. The van der Waals surface area contributed by atoms with Crippen LogP contribution in [0.15, 0.2) is 41.2 Å². The third-order valence-corrected chi connectivity index (χ3v) is 5.05. The van der Waals surface area contributed by atoms with Gasteiger partial charge in [-0.25, -0.2) is 4.79 Å². The molecule has 3 heterocycles. The molecule has 2 aliphatic rings. The van der Waals surface area contributed by atoms with Gasteiger partial charge in [0, 0.05) is 37.4 Å². The number of imidazole rings is 1. The highest BCUT2D eigenvalue weighted by Crippen LogP contribution is 2.33. The van der Waals surface area contributed by atoms with Gasteiger partial charge in [-0.15, -0.1) is 0 Å². The molecular formula is C19H18N4O4. The van der Waals surface area contributed by atoms with Gasteiger partial charge in [-0.1, -0.05) is 0 Å². The molecule has 138 valence electrons. The van der Waals surface area contributed by atoms with Gasteiger partial charge in [0.15, 0.2) is 11.5 Å². The number of amides is 1. The number of fused-ring (bicyclic) bond motifs is 2. The fourth-order valence-corrected chi connectivity index (χ4v) is 3.60. The Balaban J connectivity index is 1.29. The van der Waals surface area contributed by atoms with Crippen LogP contribution in [0.5, 0.6) is 11.5 Å². The zero-order valence-electron chi connectivity index (χ0n) is 14.5. The fourth-order valence-electron chi connectivity index (χ4n) is 3.60. The molecule has 0 bridgehead atoms. The number of aromatic nitrogens is 2. The van der Waals surface area contributed by atoms with Crippen LogP contribution in [0.1, 0.15) is 10.4 Å². The number of hydrogen-bond donors (Lipinski definition) is 2. The second kappa shape index (κ2) is 6.08. The Morgan fingerprint density at radius 2 is 1.67 bits per heavy atom. The van der Waals surface area contributed by atoms with Crippen LogP contribution >= 0.6 is 0 Å². The monoisotopic (exact) mass is 366 g/mol. The summed E-state index contributed by atoms with van der Waals surface area (Å²) in [4.78, 5) is 33.8. The van der Waals surface area contributed by atoms with Gasteiger partial charge in [0.25, 0.3) is 5.91 Å². The van der Waals surface area contributed by atoms with Crippen molar-refractivity contribution in [2.75, 3.05) is 37.9 Å². The van der Waals surface area contributed by atoms with Crippen molar-refractivity contribution in [2.24, 2.45) is 0 Å². The van der Waals surface area contributed by atoms with Crippen LogP contribution in [0.4, 0.5) is 5.69 Å². The van der Waals surface area contributed by atoms with E-state index in [1.165, 1.54) is 0 Å². The fraction of sp³-hybridized carbons (Fsp3) is 0.263. The molecule has 3 aromatic rings. The first kappa shape index (κ1) is 15.8. The molecule has 1 amide bonds. The van der Waals surface area contributed by atoms with Crippen molar-refractivity contribution in [1.29, 1.82) is 0 Å². The minimum absolute atomic E-state index is 0.00151. The Morgan fingerprint density at radius 1 is 0.889 bits per heavy atom. The number of piperazine rings is 1. The van der Waals surface area contributed by atoms with E-state index in [1.807, 2.05) is 23.1 Å². The van der Waals surface area contributed by atoms with Crippen molar-refractivity contribution in [3.8, 4) is 11.5 Å². The molecule has 2 aromatic carbocycles. The SMILES string of the molecule is O=C(c1ccc2c(c1)OCO2)N1CCN(c2ccc3[nH]c(=O)[nH]c3c2)CC1. The van der Waals surface area contributed by atoms with E-state index in [2.05, 4.69) is 14.9 Å². The number of H-pyrrole nitrogens is 2. The van der Waals surface area contributed by atoms with Crippen LogP contribution in [0, 0.1) is 0 Å². The molecule has 0 atom stereocenters. The predicted molar refractivity (Wildman–Crippen MR) is 99.6 cm³/mol. The summed E-state index contributed by atoms with van der Waals surface area (Å²) >= 11 is 0. The highest BCUT2D eigenvalue weighted by atomic mass is 16.7. The minimum Gasteiger partial charge on any atom is -0.454 e. The van der Waals surface area contributed by atoms with Crippen LogP contribution in [-0.4, -0.2) is 53.7 Å². The molecule has 0 spiro atoms. The molecule has 8 heteroatoms. The van der Waals surface area contributed by atoms with E-state index in [0.29, 0.717) is 30.2 Å². The molecule has 0 unspecified atom stereocenters. The zero-order chi connectivity index (χ0) is 18.4. The van der Waals surface area contributed by atoms with Crippen molar-refractivity contribution in [2.45, 2.75) is 0 Å². The Kier molecular flexibility index (Phi) is 3.56. The van der Waals surface area contributed by atoms with Gasteiger partial charge in [0.2, 0.25) is 6.79 Å². The molecule has 0 saturated carbocycles. The van der Waals surface area contributed by atoms with Crippen molar-refractivity contribution in [3.05, 3.63) is 52.4 Å². The third-order valence-electron chi connectivity index (χ3n) is 5.05. The van der Waals surface area contributed by atoms with Gasteiger partial charge in [-0.2, -0.15) is 0 Å². The minimum atomic E-state index is -0.207. The molecule has 8 nitrogen and oxygen atoms in total. The van der Waals surface area contributed by atoms with E-state index in [1.54, 1.807) is 18.2 Å². The summed E-state index contributed by atoms with van der Waals surface area (Å²) in [6, 6.07) is 11.1. The van der Waals surface area contributed by atoms with E-state index >= 15 is 0 Å². The summed E-state index contributed by atoms with van der Waals surface area (Å²) in [7, 11) is 0. The topological polar surface area (TPSA) is 90.7 Å². The summed E-state index contributed by atoms with van der Waals surface area (Å²) in [6.45, 7) is 2.93. The van der Waals surface area contributed by atoms with Crippen LogP contribution in [0.3, 0.4) is 0 Å². The number of benzene rings is 2. The first-order chi connectivity index (χ1) is 13.2. The molecule has 1 saturated heterocycles. The highest BCUT2D eigenvalue weighted by molar-refractivity contribution is 5.95. The van der Waals surface area contributed by atoms with Gasteiger partial charge < -0.3 is 29.2 Å². The van der Waals surface area contributed by atoms with Gasteiger partial charge in [-0.05, 0) is 36.4 Å². The maximum absolute atomic E-state index is 12.8. The van der Waals surface area contributed by atoms with Gasteiger partial charge in [0.05, 0.1) is 11.0 Å². The number of rotatable bonds is 2. The first-order valence-corrected chi connectivity index (χ1v) is 8.83. The van der Waals surface area contributed by atoms with E-state index in [4.69, 9.17) is 9.47 Å². The zero-order valence-corrected chi connectivity index (χ0v) is 14.5. The molecular weight excluding hydrogens is 348 g/mol. The predicted octanol–water partition coefficient (Wildman–Crippen LogP) is 1.55. The van der Waals surface area contributed by atoms with E-state index in [9.17, 15) is 9.59 Å². The Bertz CT molecular complexity index is 1080. The lowest BCUT2D eigenvalue weighted by molar-refractivity contribution is 0.0746. The Labute approximate surface area is 154 Å². The van der Waals surface area contributed by atoms with Crippen molar-refractivity contribution >= 4 is 22.6 Å². The van der Waals surface area contributed by atoms with Gasteiger partial charge in [0.1, 0.15) is 0 Å². The molecule has 5 rings (SSSR count). The maximum atomic E-state index is 12.8. The lowest BCUT2D eigenvalue weighted by Crippen LogP contribution is -2.48. The lowest BCUT2D eigenvalue weighted by atomic mass is 10.1. The summed E-state index contributed by atoms with van der Waals surface area (Å²) in [5.74, 6) is 1.29. The number of aromatic amines is 2. The second-order valence-electron chi connectivity index (χ2n) is 6.66. The van der Waals surface area contributed by atoms with Gasteiger partial charge in [-0.3, -0.25) is 4.79 Å². The second-order valence-corrected chi connectivity index (χ2v) is 6.66. The molecule has 1 fully saturated rings. The molecule has 0 radical (unpaired) electrons. The van der Waals surface area contributed by atoms with E-state index in [0.717, 1.165) is 29.8 Å². The number of carbonyl (C=O) groups is 1. The summed E-state index contributed by atoms with van der Waals surface area (Å²) in [5, 5.41) is 0. The first-order valence-electron chi connectivity index (χ1n) is 8.83. The van der Waals surface area contributed by atoms with Crippen molar-refractivity contribution in [1.82, 2.24) is 14.9 Å². The average molecular weight is 366 g/mol. The van der Waals surface area contributed by atoms with Crippen LogP contribution in [0.25, 0.3) is 11.0 Å². The molecule has 2 N–H and O–H groups in total. The number of nitrogens with zero attached hydrogens (tertiary/aromatic N) is 2. The molecule has 1 aromatic heterocycles. The number of nitrogens with one attached hydrogen (secondary N) is 2. The molecule has 2 aliphatic heterocycles. The number of anilines is 1. The maximum Gasteiger partial charge on any atom is 0.323 e. The average Bonchev–Trinajstić information content (AvgIpc) is 3.31. The van der Waals surface area contributed by atoms with Crippen molar-refractivity contribution < 1.29 is 14.3 Å². The number of hydrogen-bond acceptors (Lipinski definition) is 5. The largest absolute Gasteiger partial charge is 0.454 e. The Hall–Kier alpha value is -3.42. The number of carbonyl (C=O) groups excluding carboxylic acids is 1.